The van der Waals surface area contributed by atoms with E-state index in [1.165, 1.54) is 35.5 Å². The Hall–Kier alpha value is -4.51. The first-order valence-electron chi connectivity index (χ1n) is 13.2. The number of fused-ring (bicyclic) bond motifs is 2. The van der Waals surface area contributed by atoms with Gasteiger partial charge in [-0.1, -0.05) is 23.9 Å². The second kappa shape index (κ2) is 13.0. The molecule has 0 fully saturated rings. The molecule has 11 heteroatoms. The van der Waals surface area contributed by atoms with Crippen molar-refractivity contribution in [3.05, 3.63) is 58.8 Å². The molecule has 0 aliphatic heterocycles. The van der Waals surface area contributed by atoms with Crippen molar-refractivity contribution in [3.63, 3.8) is 0 Å². The third-order valence-corrected chi connectivity index (χ3v) is 7.62. The van der Waals surface area contributed by atoms with E-state index in [1.807, 2.05) is 24.3 Å². The minimum atomic E-state index is -0.365. The highest BCUT2D eigenvalue weighted by Gasteiger charge is 2.24. The maximum atomic E-state index is 13.9. The summed E-state index contributed by atoms with van der Waals surface area (Å²) in [6, 6.07) is 14.6. The number of hydrogen-bond acceptors (Lipinski definition) is 10. The molecule has 0 saturated carbocycles. The Balaban J connectivity index is 1.44. The maximum absolute atomic E-state index is 13.9. The number of para-hydroxylation sites is 2. The number of ether oxygens (including phenoxy) is 6. The first-order chi connectivity index (χ1) is 20.5. The van der Waals surface area contributed by atoms with Crippen molar-refractivity contribution >= 4 is 33.8 Å². The number of methoxy groups -OCH3 is 5. The van der Waals surface area contributed by atoms with Gasteiger partial charge in [-0.15, -0.1) is 0 Å². The van der Waals surface area contributed by atoms with E-state index in [4.69, 9.17) is 32.8 Å². The number of H-pyrrole nitrogens is 1. The summed E-state index contributed by atoms with van der Waals surface area (Å²) in [5.74, 6) is 3.15. The SMILES string of the molecule is COc1cc(OC)c2c(=O)c(OCCCCSc3nc4ccccc4[nH]3)c(-c3cc(OC)c(OC)c(OC)c3)oc2c1. The molecule has 0 unspecified atom stereocenters. The Morgan fingerprint density at radius 1 is 0.833 bits per heavy atom. The summed E-state index contributed by atoms with van der Waals surface area (Å²) in [7, 11) is 7.59. The van der Waals surface area contributed by atoms with Crippen molar-refractivity contribution in [1.82, 2.24) is 9.97 Å². The number of aromatic amines is 1. The van der Waals surface area contributed by atoms with Crippen molar-refractivity contribution < 1.29 is 32.8 Å². The third kappa shape index (κ3) is 5.78. The quantitative estimate of drug-likeness (QED) is 0.123. The van der Waals surface area contributed by atoms with Gasteiger partial charge in [-0.05, 0) is 37.1 Å². The van der Waals surface area contributed by atoms with Gasteiger partial charge in [0.2, 0.25) is 16.9 Å². The summed E-state index contributed by atoms with van der Waals surface area (Å²) >= 11 is 1.65. The number of benzene rings is 3. The Morgan fingerprint density at radius 2 is 1.57 bits per heavy atom. The number of unbranched alkanes of at least 4 members (excludes halogenated alkanes) is 1. The average molecular weight is 593 g/mol. The molecule has 0 amide bonds. The first-order valence-corrected chi connectivity index (χ1v) is 14.2. The number of nitrogens with zero attached hydrogens (tertiary/aromatic N) is 1. The molecule has 42 heavy (non-hydrogen) atoms. The van der Waals surface area contributed by atoms with Gasteiger partial charge in [0.1, 0.15) is 22.5 Å². The van der Waals surface area contributed by atoms with Crippen LogP contribution in [0.5, 0.6) is 34.5 Å². The van der Waals surface area contributed by atoms with Gasteiger partial charge in [0, 0.05) is 23.4 Å². The number of nitrogens with one attached hydrogen (secondary N) is 1. The van der Waals surface area contributed by atoms with Crippen LogP contribution in [0.4, 0.5) is 0 Å². The summed E-state index contributed by atoms with van der Waals surface area (Å²) in [6.45, 7) is 0.298. The monoisotopic (exact) mass is 592 g/mol. The van der Waals surface area contributed by atoms with Crippen molar-refractivity contribution in [3.8, 4) is 45.8 Å². The summed E-state index contributed by atoms with van der Waals surface area (Å²) in [5.41, 5.74) is 2.39. The lowest BCUT2D eigenvalue weighted by molar-refractivity contribution is 0.301. The van der Waals surface area contributed by atoms with Crippen LogP contribution in [0.1, 0.15) is 12.8 Å². The van der Waals surface area contributed by atoms with Crippen molar-refractivity contribution in [2.24, 2.45) is 0 Å². The minimum absolute atomic E-state index is 0.0603. The van der Waals surface area contributed by atoms with Gasteiger partial charge in [0.05, 0.1) is 53.2 Å². The molecule has 2 aromatic heterocycles. The fourth-order valence-electron chi connectivity index (χ4n) is 4.60. The summed E-state index contributed by atoms with van der Waals surface area (Å²) in [5, 5.41) is 1.13. The Kier molecular flexibility index (Phi) is 8.97. The molecular formula is C31H32N2O8S. The molecule has 10 nitrogen and oxygen atoms in total. The number of hydrogen-bond donors (Lipinski definition) is 1. The highest BCUT2D eigenvalue weighted by molar-refractivity contribution is 7.99. The minimum Gasteiger partial charge on any atom is -0.496 e. The van der Waals surface area contributed by atoms with Crippen molar-refractivity contribution in [1.29, 1.82) is 0 Å². The lowest BCUT2D eigenvalue weighted by atomic mass is 10.1. The molecular weight excluding hydrogens is 560 g/mol. The number of rotatable bonds is 13. The van der Waals surface area contributed by atoms with Gasteiger partial charge in [-0.3, -0.25) is 4.79 Å². The molecule has 0 atom stereocenters. The van der Waals surface area contributed by atoms with Crippen LogP contribution in [-0.2, 0) is 0 Å². The number of imidazole rings is 1. The van der Waals surface area contributed by atoms with Crippen LogP contribution in [0.2, 0.25) is 0 Å². The van der Waals surface area contributed by atoms with E-state index < -0.39 is 0 Å². The normalized spacial score (nSPS) is 11.1. The molecule has 0 bridgehead atoms. The smallest absolute Gasteiger partial charge is 0.239 e. The fraction of sp³-hybridized carbons (Fsp3) is 0.290. The third-order valence-electron chi connectivity index (χ3n) is 6.67. The molecule has 220 valence electrons. The topological polar surface area (TPSA) is 114 Å². The van der Waals surface area contributed by atoms with E-state index in [-0.39, 0.29) is 27.9 Å². The van der Waals surface area contributed by atoms with E-state index in [0.29, 0.717) is 47.3 Å². The molecule has 0 saturated heterocycles. The lowest BCUT2D eigenvalue weighted by Crippen LogP contribution is -2.12. The van der Waals surface area contributed by atoms with Crippen molar-refractivity contribution in [2.45, 2.75) is 18.0 Å². The highest BCUT2D eigenvalue weighted by atomic mass is 32.2. The highest BCUT2D eigenvalue weighted by Crippen LogP contribution is 2.44. The van der Waals surface area contributed by atoms with Gasteiger partial charge in [-0.25, -0.2) is 4.98 Å². The summed E-state index contributed by atoms with van der Waals surface area (Å²) in [6.07, 6.45) is 1.56. The van der Waals surface area contributed by atoms with E-state index in [1.54, 1.807) is 36.0 Å². The van der Waals surface area contributed by atoms with Gasteiger partial charge in [0.25, 0.3) is 0 Å². The van der Waals surface area contributed by atoms with Crippen LogP contribution in [-0.4, -0.2) is 57.9 Å². The zero-order valence-electron chi connectivity index (χ0n) is 24.1. The Morgan fingerprint density at radius 3 is 2.24 bits per heavy atom. The van der Waals surface area contributed by atoms with Crippen molar-refractivity contribution in [2.75, 3.05) is 47.9 Å². The Bertz CT molecular complexity index is 1710. The van der Waals surface area contributed by atoms with Gasteiger partial charge < -0.3 is 37.8 Å². The fourth-order valence-corrected chi connectivity index (χ4v) is 5.49. The van der Waals surface area contributed by atoms with Crippen LogP contribution in [0.15, 0.2) is 62.9 Å². The van der Waals surface area contributed by atoms with Crippen LogP contribution < -0.4 is 33.8 Å². The predicted molar refractivity (Wildman–Crippen MR) is 162 cm³/mol. The number of thioether (sulfide) groups is 1. The lowest BCUT2D eigenvalue weighted by Gasteiger charge is -2.17. The number of aromatic nitrogens is 2. The largest absolute Gasteiger partial charge is 0.496 e. The molecule has 3 aromatic carbocycles. The van der Waals surface area contributed by atoms with E-state index in [2.05, 4.69) is 9.97 Å². The summed E-state index contributed by atoms with van der Waals surface area (Å²) in [4.78, 5) is 21.8. The standard InChI is InChI=1S/C31H32N2O8S/c1-35-19-16-22(36-2)26-23(17-19)41-28(18-14-24(37-3)29(39-5)25(15-18)38-4)30(27(26)34)40-12-8-9-13-42-31-32-20-10-6-7-11-21(20)33-31/h6-7,10-11,14-17H,8-9,12-13H2,1-5H3,(H,32,33). The first kappa shape index (κ1) is 29.0. The summed E-state index contributed by atoms with van der Waals surface area (Å²) < 4.78 is 39.9. The molecule has 0 radical (unpaired) electrons. The maximum Gasteiger partial charge on any atom is 0.239 e. The van der Waals surface area contributed by atoms with Crippen LogP contribution in [0.25, 0.3) is 33.3 Å². The molecule has 1 N–H and O–H groups in total. The Labute approximate surface area is 246 Å². The van der Waals surface area contributed by atoms with Gasteiger partial charge in [0.15, 0.2) is 22.4 Å². The zero-order chi connectivity index (χ0) is 29.6. The molecule has 5 aromatic rings. The van der Waals surface area contributed by atoms with Crippen LogP contribution in [0.3, 0.4) is 0 Å². The van der Waals surface area contributed by atoms with Gasteiger partial charge >= 0.3 is 0 Å². The second-order valence-corrected chi connectivity index (χ2v) is 10.3. The van der Waals surface area contributed by atoms with Crippen LogP contribution >= 0.6 is 11.8 Å². The van der Waals surface area contributed by atoms with Gasteiger partial charge in [-0.2, -0.15) is 0 Å². The molecule has 0 spiro atoms. The van der Waals surface area contributed by atoms with E-state index in [0.717, 1.165) is 28.4 Å². The average Bonchev–Trinajstić information content (AvgIpc) is 3.44. The molecule has 2 heterocycles. The second-order valence-electron chi connectivity index (χ2n) is 9.17. The molecule has 0 aliphatic rings. The predicted octanol–water partition coefficient (Wildman–Crippen LogP) is 6.33. The molecule has 5 rings (SSSR count). The zero-order valence-corrected chi connectivity index (χ0v) is 24.9. The molecule has 0 aliphatic carbocycles. The van der Waals surface area contributed by atoms with E-state index >= 15 is 0 Å². The van der Waals surface area contributed by atoms with E-state index in [9.17, 15) is 4.79 Å². The van der Waals surface area contributed by atoms with Crippen LogP contribution in [0, 0.1) is 0 Å².